The molecule has 1 heterocycles. The van der Waals surface area contributed by atoms with Crippen molar-refractivity contribution in [2.24, 2.45) is 0 Å². The Bertz CT molecular complexity index is 535. The summed E-state index contributed by atoms with van der Waals surface area (Å²) >= 11 is 3.35. The van der Waals surface area contributed by atoms with E-state index in [1.807, 2.05) is 19.1 Å². The van der Waals surface area contributed by atoms with Crippen molar-refractivity contribution in [3.8, 4) is 11.6 Å². The zero-order valence-corrected chi connectivity index (χ0v) is 11.7. The summed E-state index contributed by atoms with van der Waals surface area (Å²) in [6.45, 7) is 6.19. The van der Waals surface area contributed by atoms with E-state index in [9.17, 15) is 0 Å². The molecule has 0 aliphatic carbocycles. The van der Waals surface area contributed by atoms with E-state index < -0.39 is 0 Å². The molecule has 0 saturated heterocycles. The number of aromatic nitrogens is 1. The molecular weight excluding hydrogens is 278 g/mol. The van der Waals surface area contributed by atoms with Gasteiger partial charge in [-0.2, -0.15) is 0 Å². The Labute approximate surface area is 110 Å². The molecule has 0 N–H and O–H groups in total. The van der Waals surface area contributed by atoms with E-state index in [1.54, 1.807) is 6.20 Å². The summed E-state index contributed by atoms with van der Waals surface area (Å²) in [6, 6.07) is 7.94. The van der Waals surface area contributed by atoms with Crippen molar-refractivity contribution in [3.63, 3.8) is 0 Å². The lowest BCUT2D eigenvalue weighted by Gasteiger charge is -2.12. The first-order chi connectivity index (χ1) is 8.08. The van der Waals surface area contributed by atoms with Gasteiger partial charge in [0.2, 0.25) is 5.88 Å². The fourth-order valence-corrected chi connectivity index (χ4v) is 1.84. The van der Waals surface area contributed by atoms with Crippen molar-refractivity contribution in [3.05, 3.63) is 51.6 Å². The maximum absolute atomic E-state index is 5.84. The largest absolute Gasteiger partial charge is 0.438 e. The van der Waals surface area contributed by atoms with Crippen molar-refractivity contribution in [1.82, 2.24) is 4.98 Å². The van der Waals surface area contributed by atoms with Crippen molar-refractivity contribution in [2.45, 2.75) is 20.8 Å². The highest BCUT2D eigenvalue weighted by molar-refractivity contribution is 9.10. The molecule has 0 amide bonds. The van der Waals surface area contributed by atoms with Crippen LogP contribution in [0.25, 0.3) is 0 Å². The predicted octanol–water partition coefficient (Wildman–Crippen LogP) is 4.56. The zero-order valence-electron chi connectivity index (χ0n) is 10.1. The van der Waals surface area contributed by atoms with Gasteiger partial charge in [-0.05, 0) is 59.5 Å². The monoisotopic (exact) mass is 291 g/mol. The lowest BCUT2D eigenvalue weighted by molar-refractivity contribution is 0.455. The van der Waals surface area contributed by atoms with Gasteiger partial charge in [0, 0.05) is 16.7 Å². The van der Waals surface area contributed by atoms with E-state index in [0.29, 0.717) is 5.88 Å². The number of pyridine rings is 1. The van der Waals surface area contributed by atoms with Crippen LogP contribution in [0.5, 0.6) is 11.6 Å². The molecule has 0 fully saturated rings. The van der Waals surface area contributed by atoms with Crippen LogP contribution in [-0.4, -0.2) is 4.98 Å². The molecule has 17 heavy (non-hydrogen) atoms. The summed E-state index contributed by atoms with van der Waals surface area (Å²) in [5, 5.41) is 0. The number of hydrogen-bond donors (Lipinski definition) is 0. The molecule has 2 aromatic rings. The van der Waals surface area contributed by atoms with Crippen LogP contribution in [0.4, 0.5) is 0 Å². The minimum absolute atomic E-state index is 0.616. The smallest absolute Gasteiger partial charge is 0.219 e. The second-order valence-electron chi connectivity index (χ2n) is 4.07. The molecule has 3 heteroatoms. The van der Waals surface area contributed by atoms with Crippen LogP contribution >= 0.6 is 15.9 Å². The quantitative estimate of drug-likeness (QED) is 0.809. The highest BCUT2D eigenvalue weighted by Gasteiger charge is 2.08. The summed E-state index contributed by atoms with van der Waals surface area (Å²) in [6.07, 6.45) is 1.73. The molecule has 88 valence electrons. The first-order valence-electron chi connectivity index (χ1n) is 5.44. The summed E-state index contributed by atoms with van der Waals surface area (Å²) in [5.41, 5.74) is 3.51. The van der Waals surface area contributed by atoms with E-state index >= 15 is 0 Å². The number of rotatable bonds is 2. The molecule has 0 aliphatic rings. The van der Waals surface area contributed by atoms with Crippen LogP contribution in [0.1, 0.15) is 16.7 Å². The van der Waals surface area contributed by atoms with Gasteiger partial charge in [0.1, 0.15) is 5.75 Å². The number of halogens is 1. The van der Waals surface area contributed by atoms with Gasteiger partial charge >= 0.3 is 0 Å². The van der Waals surface area contributed by atoms with Crippen LogP contribution in [0.15, 0.2) is 34.9 Å². The van der Waals surface area contributed by atoms with E-state index in [2.05, 4.69) is 46.9 Å². The predicted molar refractivity (Wildman–Crippen MR) is 72.7 cm³/mol. The molecule has 0 saturated carbocycles. The second-order valence-corrected chi connectivity index (χ2v) is 4.99. The average molecular weight is 292 g/mol. The molecule has 1 aromatic carbocycles. The van der Waals surface area contributed by atoms with Crippen molar-refractivity contribution in [2.75, 3.05) is 0 Å². The molecule has 2 rings (SSSR count). The van der Waals surface area contributed by atoms with E-state index in [-0.39, 0.29) is 0 Å². The standard InChI is InChI=1S/C14H14BrNO/c1-9-4-5-10(2)14(11(9)3)17-13-7-6-12(15)8-16-13/h4-8H,1-3H3. The summed E-state index contributed by atoms with van der Waals surface area (Å²) in [5.74, 6) is 1.52. The van der Waals surface area contributed by atoms with Crippen LogP contribution in [0.2, 0.25) is 0 Å². The van der Waals surface area contributed by atoms with Gasteiger partial charge < -0.3 is 4.74 Å². The van der Waals surface area contributed by atoms with E-state index in [4.69, 9.17) is 4.74 Å². The van der Waals surface area contributed by atoms with Gasteiger partial charge in [-0.3, -0.25) is 0 Å². The Kier molecular flexibility index (Phi) is 3.48. The minimum Gasteiger partial charge on any atom is -0.438 e. The minimum atomic E-state index is 0.616. The summed E-state index contributed by atoms with van der Waals surface area (Å²) in [7, 11) is 0. The average Bonchev–Trinajstić information content (AvgIpc) is 2.32. The summed E-state index contributed by atoms with van der Waals surface area (Å²) < 4.78 is 6.79. The third-order valence-electron chi connectivity index (χ3n) is 2.78. The molecule has 0 radical (unpaired) electrons. The van der Waals surface area contributed by atoms with Crippen LogP contribution < -0.4 is 4.74 Å². The second kappa shape index (κ2) is 4.88. The Morgan fingerprint density at radius 2 is 1.71 bits per heavy atom. The van der Waals surface area contributed by atoms with E-state index in [0.717, 1.165) is 21.3 Å². The lowest BCUT2D eigenvalue weighted by atomic mass is 10.1. The molecule has 0 bridgehead atoms. The molecule has 0 unspecified atom stereocenters. The van der Waals surface area contributed by atoms with Crippen LogP contribution in [0.3, 0.4) is 0 Å². The highest BCUT2D eigenvalue weighted by Crippen LogP contribution is 2.29. The molecule has 0 spiro atoms. The van der Waals surface area contributed by atoms with Crippen LogP contribution in [-0.2, 0) is 0 Å². The fourth-order valence-electron chi connectivity index (χ4n) is 1.61. The Morgan fingerprint density at radius 3 is 2.35 bits per heavy atom. The number of nitrogens with zero attached hydrogens (tertiary/aromatic N) is 1. The first kappa shape index (κ1) is 12.1. The van der Waals surface area contributed by atoms with Gasteiger partial charge in [0.05, 0.1) is 0 Å². The van der Waals surface area contributed by atoms with Gasteiger partial charge in [-0.25, -0.2) is 4.98 Å². The van der Waals surface area contributed by atoms with Gasteiger partial charge in [-0.1, -0.05) is 12.1 Å². The van der Waals surface area contributed by atoms with Crippen molar-refractivity contribution in [1.29, 1.82) is 0 Å². The molecular formula is C14H14BrNO. The van der Waals surface area contributed by atoms with Crippen molar-refractivity contribution < 1.29 is 4.74 Å². The first-order valence-corrected chi connectivity index (χ1v) is 6.23. The maximum atomic E-state index is 5.84. The van der Waals surface area contributed by atoms with Gasteiger partial charge in [0.15, 0.2) is 0 Å². The Morgan fingerprint density at radius 1 is 1.00 bits per heavy atom. The Hall–Kier alpha value is -1.35. The van der Waals surface area contributed by atoms with Crippen molar-refractivity contribution >= 4 is 15.9 Å². The third-order valence-corrected chi connectivity index (χ3v) is 3.25. The zero-order chi connectivity index (χ0) is 12.4. The molecule has 0 aliphatic heterocycles. The van der Waals surface area contributed by atoms with Crippen LogP contribution in [0, 0.1) is 20.8 Å². The third kappa shape index (κ3) is 2.67. The SMILES string of the molecule is Cc1ccc(C)c(Oc2ccc(Br)cn2)c1C. The topological polar surface area (TPSA) is 22.1 Å². The lowest BCUT2D eigenvalue weighted by Crippen LogP contribution is -1.94. The van der Waals surface area contributed by atoms with E-state index in [1.165, 1.54) is 5.56 Å². The normalized spacial score (nSPS) is 10.4. The number of hydrogen-bond acceptors (Lipinski definition) is 2. The number of ether oxygens (including phenoxy) is 1. The van der Waals surface area contributed by atoms with Gasteiger partial charge in [0.25, 0.3) is 0 Å². The number of aryl methyl sites for hydroxylation is 2. The Balaban J connectivity index is 2.36. The fraction of sp³-hybridized carbons (Fsp3) is 0.214. The molecule has 1 aromatic heterocycles. The summed E-state index contributed by atoms with van der Waals surface area (Å²) in [4.78, 5) is 4.22. The van der Waals surface area contributed by atoms with Gasteiger partial charge in [-0.15, -0.1) is 0 Å². The highest BCUT2D eigenvalue weighted by atomic mass is 79.9. The maximum Gasteiger partial charge on any atom is 0.219 e. The number of benzene rings is 1. The molecule has 2 nitrogen and oxygen atoms in total. The molecule has 0 atom stereocenters.